The molecule has 11 heteroatoms. The van der Waals surface area contributed by atoms with E-state index in [9.17, 15) is 24.2 Å². The van der Waals surface area contributed by atoms with E-state index in [2.05, 4.69) is 80.7 Å². The second-order valence-electron chi connectivity index (χ2n) is 12.6. The van der Waals surface area contributed by atoms with E-state index in [1.807, 2.05) is 18.2 Å². The molecule has 0 fully saturated rings. The van der Waals surface area contributed by atoms with Crippen LogP contribution in [0.1, 0.15) is 123 Å². The van der Waals surface area contributed by atoms with Crippen molar-refractivity contribution < 1.29 is 42.7 Å². The van der Waals surface area contributed by atoms with Crippen LogP contribution in [-0.4, -0.2) is 60.5 Å². The Hall–Kier alpha value is -3.11. The van der Waals surface area contributed by atoms with Crippen molar-refractivity contribution in [1.29, 1.82) is 0 Å². The van der Waals surface area contributed by atoms with Crippen molar-refractivity contribution in [2.24, 2.45) is 5.73 Å². The first-order chi connectivity index (χ1) is 26.2. The largest absolute Gasteiger partial charge is 0.472 e. The molecule has 2 unspecified atom stereocenters. The zero-order valence-corrected chi connectivity index (χ0v) is 33.9. The minimum absolute atomic E-state index is 0.0213. The first-order valence-corrected chi connectivity index (χ1v) is 21.3. The summed E-state index contributed by atoms with van der Waals surface area (Å²) in [4.78, 5) is 34.7. The summed E-state index contributed by atoms with van der Waals surface area (Å²) in [6.45, 7) is 3.33. The van der Waals surface area contributed by atoms with Gasteiger partial charge in [-0.15, -0.1) is 0 Å². The highest BCUT2D eigenvalue weighted by Gasteiger charge is 2.25. The third-order valence-corrected chi connectivity index (χ3v) is 8.52. The molecule has 0 radical (unpaired) electrons. The van der Waals surface area contributed by atoms with Crippen molar-refractivity contribution >= 4 is 19.8 Å². The molecular formula is C43H70NO9P. The molecular weight excluding hydrogens is 705 g/mol. The van der Waals surface area contributed by atoms with Gasteiger partial charge in [0.1, 0.15) is 6.61 Å². The highest BCUT2D eigenvalue weighted by molar-refractivity contribution is 7.47. The SMILES string of the molecule is CC/C=C\C/C=C\C/C=C\C/C=C\CCCCC(=O)O[C@H](COC(=O)CCC/C=C/C=C\C(O)C/C=C\C/C=C\CCCCC)COP(=O)(O)OCCN. The van der Waals surface area contributed by atoms with E-state index in [4.69, 9.17) is 24.3 Å². The number of hydrogen-bond donors (Lipinski definition) is 3. The third-order valence-electron chi connectivity index (χ3n) is 7.53. The second-order valence-corrected chi connectivity index (χ2v) is 14.1. The molecule has 0 saturated heterocycles. The quantitative estimate of drug-likeness (QED) is 0.0186. The van der Waals surface area contributed by atoms with E-state index in [0.29, 0.717) is 25.7 Å². The molecule has 0 saturated carbocycles. The molecule has 0 aromatic heterocycles. The van der Waals surface area contributed by atoms with Gasteiger partial charge < -0.3 is 25.2 Å². The molecule has 306 valence electrons. The number of aliphatic hydroxyl groups is 1. The van der Waals surface area contributed by atoms with Crippen LogP contribution >= 0.6 is 7.82 Å². The van der Waals surface area contributed by atoms with Gasteiger partial charge in [0.2, 0.25) is 0 Å². The summed E-state index contributed by atoms with van der Waals surface area (Å²) in [6.07, 6.45) is 44.7. The van der Waals surface area contributed by atoms with Gasteiger partial charge in [0, 0.05) is 19.4 Å². The minimum Gasteiger partial charge on any atom is -0.462 e. The second kappa shape index (κ2) is 38.2. The van der Waals surface area contributed by atoms with Crippen LogP contribution in [-0.2, 0) is 32.7 Å². The number of rotatable bonds is 35. The third kappa shape index (κ3) is 37.2. The molecule has 0 amide bonds. The maximum atomic E-state index is 12.5. The van der Waals surface area contributed by atoms with Crippen molar-refractivity contribution in [2.75, 3.05) is 26.4 Å². The zero-order valence-electron chi connectivity index (χ0n) is 33.0. The Morgan fingerprint density at radius 3 is 1.87 bits per heavy atom. The van der Waals surface area contributed by atoms with E-state index in [1.165, 1.54) is 19.3 Å². The highest BCUT2D eigenvalue weighted by Crippen LogP contribution is 2.43. The van der Waals surface area contributed by atoms with Crippen LogP contribution < -0.4 is 5.73 Å². The summed E-state index contributed by atoms with van der Waals surface area (Å²) in [5, 5.41) is 10.1. The Kier molecular flexibility index (Phi) is 36.0. The number of carbonyl (C=O) groups is 2. The predicted molar refractivity (Wildman–Crippen MR) is 221 cm³/mol. The van der Waals surface area contributed by atoms with Gasteiger partial charge in [0.25, 0.3) is 0 Å². The Labute approximate surface area is 326 Å². The van der Waals surface area contributed by atoms with Crippen LogP contribution in [0.25, 0.3) is 0 Å². The van der Waals surface area contributed by atoms with Gasteiger partial charge in [0.05, 0.1) is 19.3 Å². The van der Waals surface area contributed by atoms with Gasteiger partial charge in [-0.3, -0.25) is 18.6 Å². The lowest BCUT2D eigenvalue weighted by Crippen LogP contribution is -2.29. The molecule has 10 nitrogen and oxygen atoms in total. The van der Waals surface area contributed by atoms with Crippen LogP contribution in [0.15, 0.2) is 97.2 Å². The number of esters is 2. The molecule has 0 spiro atoms. The number of carbonyl (C=O) groups excluding carboxylic acids is 2. The average Bonchev–Trinajstić information content (AvgIpc) is 3.15. The lowest BCUT2D eigenvalue weighted by Gasteiger charge is -2.19. The molecule has 0 aromatic carbocycles. The van der Waals surface area contributed by atoms with Crippen molar-refractivity contribution in [3.8, 4) is 0 Å². The molecule has 54 heavy (non-hydrogen) atoms. The maximum Gasteiger partial charge on any atom is 0.472 e. The fraction of sp³-hybridized carbons (Fsp3) is 0.581. The lowest BCUT2D eigenvalue weighted by molar-refractivity contribution is -0.161. The fourth-order valence-electron chi connectivity index (χ4n) is 4.58. The predicted octanol–water partition coefficient (Wildman–Crippen LogP) is 10.0. The molecule has 0 aromatic rings. The number of phosphoric ester groups is 1. The van der Waals surface area contributed by atoms with E-state index < -0.39 is 38.6 Å². The van der Waals surface area contributed by atoms with Crippen molar-refractivity contribution in [3.05, 3.63) is 97.2 Å². The lowest BCUT2D eigenvalue weighted by atomic mass is 10.2. The van der Waals surface area contributed by atoms with Crippen molar-refractivity contribution in [1.82, 2.24) is 0 Å². The van der Waals surface area contributed by atoms with Crippen LogP contribution in [0.5, 0.6) is 0 Å². The van der Waals surface area contributed by atoms with Crippen LogP contribution in [0.2, 0.25) is 0 Å². The Morgan fingerprint density at radius 1 is 0.667 bits per heavy atom. The first kappa shape index (κ1) is 50.9. The number of ether oxygens (including phenoxy) is 2. The Bertz CT molecular complexity index is 1220. The number of nitrogens with two attached hydrogens (primary N) is 1. The van der Waals surface area contributed by atoms with Crippen LogP contribution in [0.3, 0.4) is 0 Å². The molecule has 0 aliphatic carbocycles. The number of unbranched alkanes of at least 4 members (excludes halogenated alkanes) is 6. The summed E-state index contributed by atoms with van der Waals surface area (Å²) in [7, 11) is -4.42. The molecule has 0 rings (SSSR count). The van der Waals surface area contributed by atoms with E-state index in [-0.39, 0.29) is 32.6 Å². The summed E-state index contributed by atoms with van der Waals surface area (Å²) in [5.74, 6) is -1.02. The Balaban J connectivity index is 4.49. The maximum absolute atomic E-state index is 12.5. The molecule has 0 aliphatic rings. The molecule has 0 bridgehead atoms. The summed E-state index contributed by atoms with van der Waals surface area (Å²) >= 11 is 0. The number of hydrogen-bond acceptors (Lipinski definition) is 9. The van der Waals surface area contributed by atoms with Gasteiger partial charge in [-0.25, -0.2) is 4.57 Å². The van der Waals surface area contributed by atoms with Gasteiger partial charge >= 0.3 is 19.8 Å². The van der Waals surface area contributed by atoms with E-state index in [1.54, 1.807) is 12.2 Å². The standard InChI is InChI=1S/C43H70NO9P/c1-3-5-7-9-11-13-14-15-16-17-18-20-22-26-31-35-43(47)53-41(39-52-54(48,49)51-37-36-44)38-50-42(46)34-30-27-23-25-29-33-40(45)32-28-24-21-19-12-10-8-6-4-2/h5,7,11-13,15-16,18-20,23-25,28-29,33,40-41,45H,3-4,6,8-10,14,17,21-22,26-27,30-32,34-39,44H2,1-2H3,(H,48,49)/b7-5-,13-11-,16-15-,19-12-,20-18-,25-23+,28-24-,33-29-/t40?,41-/m1/s1. The summed E-state index contributed by atoms with van der Waals surface area (Å²) in [6, 6.07) is 0. The van der Waals surface area contributed by atoms with Crippen molar-refractivity contribution in [2.45, 2.75) is 135 Å². The molecule has 0 heterocycles. The van der Waals surface area contributed by atoms with Crippen LogP contribution in [0, 0.1) is 0 Å². The van der Waals surface area contributed by atoms with Crippen LogP contribution in [0.4, 0.5) is 0 Å². The fourth-order valence-corrected chi connectivity index (χ4v) is 5.34. The monoisotopic (exact) mass is 775 g/mol. The first-order valence-electron chi connectivity index (χ1n) is 19.8. The molecule has 3 atom stereocenters. The number of phosphoric acid groups is 1. The highest BCUT2D eigenvalue weighted by atomic mass is 31.2. The van der Waals surface area contributed by atoms with E-state index in [0.717, 1.165) is 51.4 Å². The summed E-state index contributed by atoms with van der Waals surface area (Å²) in [5.41, 5.74) is 5.32. The molecule has 4 N–H and O–H groups in total. The molecule has 0 aliphatic heterocycles. The Morgan fingerprint density at radius 2 is 1.24 bits per heavy atom. The number of aliphatic hydroxyl groups excluding tert-OH is 1. The number of allylic oxidation sites excluding steroid dienone is 14. The normalized spacial score (nSPS) is 15.0. The zero-order chi connectivity index (χ0) is 39.8. The van der Waals surface area contributed by atoms with E-state index >= 15 is 0 Å². The topological polar surface area (TPSA) is 155 Å². The van der Waals surface area contributed by atoms with Gasteiger partial charge in [-0.1, -0.05) is 124 Å². The van der Waals surface area contributed by atoms with Crippen molar-refractivity contribution in [3.63, 3.8) is 0 Å². The van der Waals surface area contributed by atoms with Gasteiger partial charge in [-0.05, 0) is 83.5 Å². The smallest absolute Gasteiger partial charge is 0.462 e. The van der Waals surface area contributed by atoms with Gasteiger partial charge in [-0.2, -0.15) is 0 Å². The minimum atomic E-state index is -4.42. The average molecular weight is 776 g/mol. The van der Waals surface area contributed by atoms with Gasteiger partial charge in [0.15, 0.2) is 6.10 Å². The summed E-state index contributed by atoms with van der Waals surface area (Å²) < 4.78 is 32.5.